The van der Waals surface area contributed by atoms with Crippen molar-refractivity contribution in [3.63, 3.8) is 0 Å². The first-order valence-electron chi connectivity index (χ1n) is 12.2. The largest absolute Gasteiger partial charge is 0.457 e. The van der Waals surface area contributed by atoms with E-state index in [1.807, 2.05) is 72.8 Å². The molecule has 1 amide bonds. The molecule has 184 valence electrons. The number of amides is 1. The van der Waals surface area contributed by atoms with Crippen LogP contribution in [0.15, 0.2) is 121 Å². The van der Waals surface area contributed by atoms with E-state index < -0.39 is 0 Å². The van der Waals surface area contributed by atoms with Crippen LogP contribution >= 0.6 is 0 Å². The maximum atomic E-state index is 12.0. The molecule has 0 spiro atoms. The van der Waals surface area contributed by atoms with Gasteiger partial charge in [0, 0.05) is 22.9 Å². The van der Waals surface area contributed by atoms with Gasteiger partial charge in [0.25, 0.3) is 5.91 Å². The van der Waals surface area contributed by atoms with Crippen LogP contribution in [0.4, 0.5) is 5.69 Å². The standard InChI is InChI=1S/C33H29NO3/c1-23-5-14-28(15-6-23)36-29-16-8-25(9-17-29)33(3,4)26-10-18-30(19-11-26)37-31-20-12-27(13-21-31)34-24(2)7-22-32(34)35/h5-22H,2H2,1,3-4H3. The molecule has 4 aromatic rings. The Morgan fingerprint density at radius 2 is 1.03 bits per heavy atom. The second-order valence-corrected chi connectivity index (χ2v) is 9.68. The maximum Gasteiger partial charge on any atom is 0.255 e. The number of nitrogens with zero attached hydrogens (tertiary/aromatic N) is 1. The number of carbonyl (C=O) groups is 1. The molecule has 1 aliphatic rings. The number of allylic oxidation sites excluding steroid dienone is 1. The zero-order chi connectivity index (χ0) is 26.0. The number of ether oxygens (including phenoxy) is 2. The predicted molar refractivity (Wildman–Crippen MR) is 149 cm³/mol. The first kappa shape index (κ1) is 24.1. The second-order valence-electron chi connectivity index (χ2n) is 9.68. The van der Waals surface area contributed by atoms with E-state index in [4.69, 9.17) is 9.47 Å². The molecule has 4 aromatic carbocycles. The number of benzene rings is 4. The molecule has 0 radical (unpaired) electrons. The molecule has 0 unspecified atom stereocenters. The van der Waals surface area contributed by atoms with Crippen LogP contribution in [0.3, 0.4) is 0 Å². The molecule has 0 fully saturated rings. The Labute approximate surface area is 218 Å². The van der Waals surface area contributed by atoms with E-state index in [-0.39, 0.29) is 11.3 Å². The molecule has 0 aliphatic carbocycles. The number of hydrogen-bond donors (Lipinski definition) is 0. The van der Waals surface area contributed by atoms with Gasteiger partial charge < -0.3 is 9.47 Å². The van der Waals surface area contributed by atoms with Crippen LogP contribution in [-0.4, -0.2) is 5.91 Å². The predicted octanol–water partition coefficient (Wildman–Crippen LogP) is 8.32. The Bertz CT molecular complexity index is 1430. The van der Waals surface area contributed by atoms with Gasteiger partial charge in [-0.25, -0.2) is 0 Å². The Balaban J connectivity index is 1.25. The molecule has 0 atom stereocenters. The fourth-order valence-electron chi connectivity index (χ4n) is 4.34. The van der Waals surface area contributed by atoms with Crippen molar-refractivity contribution in [1.29, 1.82) is 0 Å². The van der Waals surface area contributed by atoms with E-state index in [1.54, 1.807) is 11.0 Å². The maximum absolute atomic E-state index is 12.0. The van der Waals surface area contributed by atoms with Gasteiger partial charge in [-0.05, 0) is 84.8 Å². The van der Waals surface area contributed by atoms with E-state index >= 15 is 0 Å². The minimum Gasteiger partial charge on any atom is -0.457 e. The van der Waals surface area contributed by atoms with Gasteiger partial charge in [-0.15, -0.1) is 0 Å². The zero-order valence-corrected chi connectivity index (χ0v) is 21.3. The Morgan fingerprint density at radius 1 is 0.622 bits per heavy atom. The quantitative estimate of drug-likeness (QED) is 0.263. The van der Waals surface area contributed by atoms with Crippen molar-refractivity contribution >= 4 is 11.6 Å². The number of hydrogen-bond acceptors (Lipinski definition) is 3. The number of carbonyl (C=O) groups excluding carboxylic acids is 1. The first-order chi connectivity index (χ1) is 17.8. The molecule has 0 aromatic heterocycles. The van der Waals surface area contributed by atoms with Crippen molar-refractivity contribution in [2.24, 2.45) is 0 Å². The van der Waals surface area contributed by atoms with Crippen LogP contribution in [0.25, 0.3) is 0 Å². The average Bonchev–Trinajstić information content (AvgIpc) is 3.24. The number of anilines is 1. The molecular formula is C33H29NO3. The summed E-state index contributed by atoms with van der Waals surface area (Å²) in [5.41, 5.74) is 4.81. The summed E-state index contributed by atoms with van der Waals surface area (Å²) < 4.78 is 12.0. The van der Waals surface area contributed by atoms with Crippen molar-refractivity contribution in [1.82, 2.24) is 0 Å². The molecule has 5 rings (SSSR count). The summed E-state index contributed by atoms with van der Waals surface area (Å²) >= 11 is 0. The molecule has 0 N–H and O–H groups in total. The highest BCUT2D eigenvalue weighted by molar-refractivity contribution is 6.07. The molecule has 37 heavy (non-hydrogen) atoms. The van der Waals surface area contributed by atoms with Crippen molar-refractivity contribution in [3.8, 4) is 23.0 Å². The lowest BCUT2D eigenvalue weighted by Gasteiger charge is -2.26. The molecule has 1 aliphatic heterocycles. The monoisotopic (exact) mass is 487 g/mol. The van der Waals surface area contributed by atoms with E-state index in [0.29, 0.717) is 11.4 Å². The summed E-state index contributed by atoms with van der Waals surface area (Å²) in [4.78, 5) is 13.6. The van der Waals surface area contributed by atoms with E-state index in [0.717, 1.165) is 22.9 Å². The molecule has 1 heterocycles. The molecule has 4 heteroatoms. The van der Waals surface area contributed by atoms with Crippen molar-refractivity contribution in [2.45, 2.75) is 26.2 Å². The third-order valence-corrected chi connectivity index (χ3v) is 6.67. The Hall–Kier alpha value is -4.57. The van der Waals surface area contributed by atoms with Crippen LogP contribution in [0, 0.1) is 6.92 Å². The fraction of sp³-hybridized carbons (Fsp3) is 0.121. The van der Waals surface area contributed by atoms with Crippen molar-refractivity contribution in [2.75, 3.05) is 4.90 Å². The van der Waals surface area contributed by atoms with E-state index in [1.165, 1.54) is 22.8 Å². The SMILES string of the molecule is C=C1C=CC(=O)N1c1ccc(Oc2ccc(C(C)(C)c3ccc(Oc4ccc(C)cc4)cc3)cc2)cc1. The minimum absolute atomic E-state index is 0.0923. The van der Waals surface area contributed by atoms with Gasteiger partial charge in [0.2, 0.25) is 0 Å². The average molecular weight is 488 g/mol. The Kier molecular flexibility index (Phi) is 6.41. The van der Waals surface area contributed by atoms with Gasteiger partial charge >= 0.3 is 0 Å². The van der Waals surface area contributed by atoms with Gasteiger partial charge in [0.15, 0.2) is 0 Å². The summed E-state index contributed by atoms with van der Waals surface area (Å²) in [5.74, 6) is 3.00. The van der Waals surface area contributed by atoms with Crippen LogP contribution in [0.5, 0.6) is 23.0 Å². The van der Waals surface area contributed by atoms with Crippen LogP contribution in [-0.2, 0) is 10.2 Å². The van der Waals surface area contributed by atoms with Crippen LogP contribution < -0.4 is 14.4 Å². The topological polar surface area (TPSA) is 38.8 Å². The second kappa shape index (κ2) is 9.82. The van der Waals surface area contributed by atoms with Crippen LogP contribution in [0.1, 0.15) is 30.5 Å². The highest BCUT2D eigenvalue weighted by atomic mass is 16.5. The third kappa shape index (κ3) is 5.19. The van der Waals surface area contributed by atoms with Gasteiger partial charge in [0.1, 0.15) is 23.0 Å². The molecule has 4 nitrogen and oxygen atoms in total. The summed E-state index contributed by atoms with van der Waals surface area (Å²) in [5, 5.41) is 0. The van der Waals surface area contributed by atoms with Crippen molar-refractivity contribution < 1.29 is 14.3 Å². The van der Waals surface area contributed by atoms with Gasteiger partial charge in [-0.2, -0.15) is 0 Å². The summed E-state index contributed by atoms with van der Waals surface area (Å²) in [6.45, 7) is 10.4. The highest BCUT2D eigenvalue weighted by Gasteiger charge is 2.23. The number of rotatable bonds is 7. The van der Waals surface area contributed by atoms with Gasteiger partial charge in [-0.1, -0.05) is 62.4 Å². The Morgan fingerprint density at radius 3 is 1.43 bits per heavy atom. The molecule has 0 bridgehead atoms. The number of aryl methyl sites for hydroxylation is 1. The first-order valence-corrected chi connectivity index (χ1v) is 12.2. The van der Waals surface area contributed by atoms with Gasteiger partial charge in [0.05, 0.1) is 0 Å². The summed E-state index contributed by atoms with van der Waals surface area (Å²) in [7, 11) is 0. The molecule has 0 saturated carbocycles. The van der Waals surface area contributed by atoms with E-state index in [9.17, 15) is 4.79 Å². The summed E-state index contributed by atoms with van der Waals surface area (Å²) in [6.07, 6.45) is 3.23. The van der Waals surface area contributed by atoms with Gasteiger partial charge in [-0.3, -0.25) is 9.69 Å². The van der Waals surface area contributed by atoms with Crippen LogP contribution in [0.2, 0.25) is 0 Å². The fourth-order valence-corrected chi connectivity index (χ4v) is 4.34. The van der Waals surface area contributed by atoms with Crippen molar-refractivity contribution in [3.05, 3.63) is 138 Å². The zero-order valence-electron chi connectivity index (χ0n) is 21.3. The highest BCUT2D eigenvalue weighted by Crippen LogP contribution is 2.35. The lowest BCUT2D eigenvalue weighted by atomic mass is 9.78. The molecular weight excluding hydrogens is 458 g/mol. The lowest BCUT2D eigenvalue weighted by Crippen LogP contribution is -2.22. The molecule has 0 saturated heterocycles. The van der Waals surface area contributed by atoms with E-state index in [2.05, 4.69) is 51.6 Å². The normalized spacial score (nSPS) is 13.2. The lowest BCUT2D eigenvalue weighted by molar-refractivity contribution is -0.113. The third-order valence-electron chi connectivity index (χ3n) is 6.67. The summed E-state index contributed by atoms with van der Waals surface area (Å²) in [6, 6.07) is 31.9. The smallest absolute Gasteiger partial charge is 0.255 e. The minimum atomic E-state index is -0.193.